The number of aromatic nitrogens is 3. The molecule has 0 aromatic carbocycles. The molecule has 0 spiro atoms. The zero-order valence-electron chi connectivity index (χ0n) is 13.6. The van der Waals surface area contributed by atoms with Crippen molar-refractivity contribution in [2.45, 2.75) is 53.0 Å². The van der Waals surface area contributed by atoms with Crippen molar-refractivity contribution in [3.05, 3.63) is 17.1 Å². The highest BCUT2D eigenvalue weighted by Gasteiger charge is 2.25. The van der Waals surface area contributed by atoms with Crippen molar-refractivity contribution in [1.29, 1.82) is 0 Å². The van der Waals surface area contributed by atoms with Gasteiger partial charge in [0.15, 0.2) is 5.82 Å². The van der Waals surface area contributed by atoms with E-state index in [1.54, 1.807) is 0 Å². The van der Waals surface area contributed by atoms with Gasteiger partial charge >= 0.3 is 0 Å². The summed E-state index contributed by atoms with van der Waals surface area (Å²) in [4.78, 5) is 9.31. The first kappa shape index (κ1) is 15.6. The van der Waals surface area contributed by atoms with Crippen LogP contribution in [0.25, 0.3) is 11.0 Å². The lowest BCUT2D eigenvalue weighted by Gasteiger charge is -2.26. The molecule has 2 aromatic rings. The maximum Gasteiger partial charge on any atom is 0.151 e. The fraction of sp³-hybridized carbons (Fsp3) is 0.625. The van der Waals surface area contributed by atoms with Gasteiger partial charge < -0.3 is 10.3 Å². The average molecular weight is 319 g/mol. The van der Waals surface area contributed by atoms with Gasteiger partial charge in [0, 0.05) is 18.0 Å². The Morgan fingerprint density at radius 1 is 1.23 bits per heavy atom. The predicted octanol–water partition coefficient (Wildman–Crippen LogP) is 2.83. The summed E-state index contributed by atoms with van der Waals surface area (Å²) in [7, 11) is 0. The Morgan fingerprint density at radius 2 is 1.95 bits per heavy atom. The zero-order chi connectivity index (χ0) is 15.9. The van der Waals surface area contributed by atoms with Crippen LogP contribution in [0, 0.1) is 12.3 Å². The van der Waals surface area contributed by atoms with Crippen molar-refractivity contribution in [3.8, 4) is 0 Å². The molecular formula is C16H25N5S. The van der Waals surface area contributed by atoms with Gasteiger partial charge in [0.05, 0.1) is 5.52 Å². The van der Waals surface area contributed by atoms with E-state index in [1.807, 2.05) is 0 Å². The number of aryl methyl sites for hydroxylation is 3. The van der Waals surface area contributed by atoms with Crippen LogP contribution < -0.4 is 10.9 Å². The van der Waals surface area contributed by atoms with Gasteiger partial charge in [0.1, 0.15) is 11.3 Å². The van der Waals surface area contributed by atoms with Crippen LogP contribution in [-0.2, 0) is 19.4 Å². The van der Waals surface area contributed by atoms with Crippen LogP contribution in [0.15, 0.2) is 0 Å². The van der Waals surface area contributed by atoms with Crippen molar-refractivity contribution >= 4 is 28.8 Å². The van der Waals surface area contributed by atoms with Crippen LogP contribution >= 0.6 is 11.9 Å². The normalized spacial score (nSPS) is 15.3. The Hall–Kier alpha value is -1.27. The average Bonchev–Trinajstić information content (AvgIpc) is 2.77. The Bertz CT molecular complexity index is 704. The van der Waals surface area contributed by atoms with Gasteiger partial charge in [-0.2, -0.15) is 0 Å². The van der Waals surface area contributed by atoms with E-state index in [2.05, 4.69) is 30.3 Å². The standard InChI is InChI=1S/C16H25N5S/c1-10-19-13-14(21(10)8-16(2,3)9-22-18)11-6-4-5-7-12(11)20-15(13)17/h4-9,18H2,1-3H3,(H2,17,20). The summed E-state index contributed by atoms with van der Waals surface area (Å²) in [5, 5.41) is 5.69. The number of hydrogen-bond acceptors (Lipinski definition) is 5. The second kappa shape index (κ2) is 5.74. The van der Waals surface area contributed by atoms with Crippen molar-refractivity contribution < 1.29 is 0 Å². The van der Waals surface area contributed by atoms with E-state index in [9.17, 15) is 0 Å². The van der Waals surface area contributed by atoms with E-state index in [0.717, 1.165) is 36.5 Å². The number of imidazole rings is 1. The number of pyridine rings is 1. The summed E-state index contributed by atoms with van der Waals surface area (Å²) in [6, 6.07) is 0. The van der Waals surface area contributed by atoms with Crippen LogP contribution in [0.4, 0.5) is 5.82 Å². The Balaban J connectivity index is 2.17. The number of rotatable bonds is 4. The molecule has 0 bridgehead atoms. The molecule has 1 aliphatic rings. The first-order valence-corrected chi connectivity index (χ1v) is 8.93. The molecule has 5 nitrogen and oxygen atoms in total. The Labute approximate surface area is 136 Å². The molecule has 2 aromatic heterocycles. The molecule has 22 heavy (non-hydrogen) atoms. The number of nitrogen functional groups attached to an aromatic ring is 1. The number of hydrogen-bond donors (Lipinski definition) is 2. The minimum Gasteiger partial charge on any atom is -0.382 e. The van der Waals surface area contributed by atoms with Gasteiger partial charge in [-0.15, -0.1) is 0 Å². The van der Waals surface area contributed by atoms with Crippen LogP contribution in [0.3, 0.4) is 0 Å². The molecule has 0 fully saturated rings. The van der Waals surface area contributed by atoms with Crippen LogP contribution in [0.2, 0.25) is 0 Å². The smallest absolute Gasteiger partial charge is 0.151 e. The molecule has 0 atom stereocenters. The van der Waals surface area contributed by atoms with Crippen LogP contribution in [-0.4, -0.2) is 20.3 Å². The number of fused-ring (bicyclic) bond motifs is 3. The molecule has 0 aliphatic heterocycles. The van der Waals surface area contributed by atoms with Crippen molar-refractivity contribution in [2.75, 3.05) is 11.5 Å². The summed E-state index contributed by atoms with van der Waals surface area (Å²) >= 11 is 1.40. The highest BCUT2D eigenvalue weighted by atomic mass is 32.2. The molecule has 120 valence electrons. The zero-order valence-corrected chi connectivity index (χ0v) is 14.5. The molecule has 3 rings (SSSR count). The molecule has 0 saturated heterocycles. The van der Waals surface area contributed by atoms with E-state index < -0.39 is 0 Å². The number of nitrogens with two attached hydrogens (primary N) is 2. The first-order chi connectivity index (χ1) is 10.4. The lowest BCUT2D eigenvalue weighted by atomic mass is 9.93. The lowest BCUT2D eigenvalue weighted by molar-refractivity contribution is 0.353. The third kappa shape index (κ3) is 2.70. The fourth-order valence-corrected chi connectivity index (χ4v) is 3.95. The summed E-state index contributed by atoms with van der Waals surface area (Å²) in [6.45, 7) is 7.44. The number of anilines is 1. The SMILES string of the molecule is Cc1nc2c(N)nc3c(c2n1CC(C)(C)CSN)CCCC3. The van der Waals surface area contributed by atoms with Crippen molar-refractivity contribution in [2.24, 2.45) is 10.6 Å². The molecule has 4 N–H and O–H groups in total. The minimum absolute atomic E-state index is 0.109. The van der Waals surface area contributed by atoms with E-state index >= 15 is 0 Å². The maximum absolute atomic E-state index is 6.17. The number of nitrogens with zero attached hydrogens (tertiary/aromatic N) is 3. The summed E-state index contributed by atoms with van der Waals surface area (Å²) < 4.78 is 2.33. The maximum atomic E-state index is 6.17. The molecule has 0 saturated carbocycles. The summed E-state index contributed by atoms with van der Waals surface area (Å²) in [5.74, 6) is 2.50. The second-order valence-electron chi connectivity index (χ2n) is 7.05. The fourth-order valence-electron chi connectivity index (χ4n) is 3.41. The second-order valence-corrected chi connectivity index (χ2v) is 7.67. The van der Waals surface area contributed by atoms with E-state index in [1.165, 1.54) is 41.6 Å². The largest absolute Gasteiger partial charge is 0.382 e. The quantitative estimate of drug-likeness (QED) is 0.847. The van der Waals surface area contributed by atoms with Crippen molar-refractivity contribution in [1.82, 2.24) is 14.5 Å². The van der Waals surface area contributed by atoms with Gasteiger partial charge in [-0.1, -0.05) is 25.8 Å². The molecule has 0 radical (unpaired) electrons. The van der Waals surface area contributed by atoms with Gasteiger partial charge in [0.25, 0.3) is 0 Å². The Morgan fingerprint density at radius 3 is 2.68 bits per heavy atom. The molecule has 0 unspecified atom stereocenters. The third-order valence-corrected chi connectivity index (χ3v) is 5.39. The van der Waals surface area contributed by atoms with Gasteiger partial charge in [-0.05, 0) is 43.6 Å². The monoisotopic (exact) mass is 319 g/mol. The summed E-state index contributed by atoms with van der Waals surface area (Å²) in [6.07, 6.45) is 4.53. The van der Waals surface area contributed by atoms with Gasteiger partial charge in [-0.25, -0.2) is 9.97 Å². The predicted molar refractivity (Wildman–Crippen MR) is 93.7 cm³/mol. The molecule has 1 aliphatic carbocycles. The van der Waals surface area contributed by atoms with E-state index in [4.69, 9.17) is 15.9 Å². The van der Waals surface area contributed by atoms with E-state index in [0.29, 0.717) is 5.82 Å². The van der Waals surface area contributed by atoms with Crippen molar-refractivity contribution in [3.63, 3.8) is 0 Å². The molecule has 0 amide bonds. The van der Waals surface area contributed by atoms with Gasteiger partial charge in [-0.3, -0.25) is 5.14 Å². The lowest BCUT2D eigenvalue weighted by Crippen LogP contribution is -2.24. The van der Waals surface area contributed by atoms with Crippen LogP contribution in [0.1, 0.15) is 43.8 Å². The van der Waals surface area contributed by atoms with Gasteiger partial charge in [0.2, 0.25) is 0 Å². The highest BCUT2D eigenvalue weighted by molar-refractivity contribution is 7.97. The summed E-state index contributed by atoms with van der Waals surface area (Å²) in [5.41, 5.74) is 10.9. The van der Waals surface area contributed by atoms with E-state index in [-0.39, 0.29) is 5.41 Å². The molecule has 2 heterocycles. The first-order valence-electron chi connectivity index (χ1n) is 7.89. The minimum atomic E-state index is 0.109. The van der Waals surface area contributed by atoms with Crippen LogP contribution in [0.5, 0.6) is 0 Å². The Kier molecular flexibility index (Phi) is 4.07. The highest BCUT2D eigenvalue weighted by Crippen LogP contribution is 2.33. The molecule has 6 heteroatoms. The topological polar surface area (TPSA) is 82.8 Å². The third-order valence-electron chi connectivity index (χ3n) is 4.44. The molecular weight excluding hydrogens is 294 g/mol.